The highest BCUT2D eigenvalue weighted by atomic mass is 16.5. The van der Waals surface area contributed by atoms with Crippen LogP contribution in [0.25, 0.3) is 10.8 Å². The molecule has 6 heteroatoms. The Morgan fingerprint density at radius 2 is 2.00 bits per heavy atom. The lowest BCUT2D eigenvalue weighted by molar-refractivity contribution is -0.148. The summed E-state index contributed by atoms with van der Waals surface area (Å²) in [4.78, 5) is 23.4. The number of rotatable bonds is 5. The van der Waals surface area contributed by atoms with Crippen molar-refractivity contribution >= 4 is 22.6 Å². The van der Waals surface area contributed by atoms with E-state index < -0.39 is 17.4 Å². The predicted molar refractivity (Wildman–Crippen MR) is 83.4 cm³/mol. The minimum Gasteiger partial charge on any atom is -0.483 e. The smallest absolute Gasteiger partial charge is 0.331 e. The molecule has 0 bridgehead atoms. The molecular formula is C17H17NO5. The molecule has 0 radical (unpaired) electrons. The summed E-state index contributed by atoms with van der Waals surface area (Å²) in [5.74, 6) is -0.982. The maximum absolute atomic E-state index is 12.1. The number of amides is 1. The number of hydrogen-bond acceptors (Lipinski definition) is 4. The summed E-state index contributed by atoms with van der Waals surface area (Å²) in [6, 6.07) is 13.3. The summed E-state index contributed by atoms with van der Waals surface area (Å²) in [7, 11) is 0. The molecule has 1 aliphatic rings. The van der Waals surface area contributed by atoms with Crippen LogP contribution in [0.1, 0.15) is 6.42 Å². The van der Waals surface area contributed by atoms with Crippen LogP contribution in [-0.2, 0) is 14.3 Å². The van der Waals surface area contributed by atoms with Crippen molar-refractivity contribution < 1.29 is 24.2 Å². The fourth-order valence-electron chi connectivity index (χ4n) is 2.65. The summed E-state index contributed by atoms with van der Waals surface area (Å²) in [6.07, 6.45) is 0.252. The number of carbonyl (C=O) groups excluding carboxylic acids is 1. The van der Waals surface area contributed by atoms with Crippen LogP contribution in [0.4, 0.5) is 0 Å². The van der Waals surface area contributed by atoms with Gasteiger partial charge in [-0.05, 0) is 11.5 Å². The molecule has 0 aromatic heterocycles. The monoisotopic (exact) mass is 315 g/mol. The highest BCUT2D eigenvalue weighted by Gasteiger charge is 2.43. The first-order valence-electron chi connectivity index (χ1n) is 7.33. The normalized spacial score (nSPS) is 20.3. The van der Waals surface area contributed by atoms with Gasteiger partial charge in [0.25, 0.3) is 5.91 Å². The molecule has 1 heterocycles. The molecule has 23 heavy (non-hydrogen) atoms. The van der Waals surface area contributed by atoms with E-state index in [2.05, 4.69) is 5.32 Å². The molecule has 1 fully saturated rings. The van der Waals surface area contributed by atoms with Gasteiger partial charge in [0.2, 0.25) is 0 Å². The third kappa shape index (κ3) is 3.12. The molecule has 0 aliphatic carbocycles. The standard InChI is InChI=1S/C17H17NO5/c19-15(18-17(16(20)21)8-9-22-11-17)10-23-14-7-3-5-12-4-1-2-6-13(12)14/h1-7H,8-11H2,(H,18,19)(H,20,21). The van der Waals surface area contributed by atoms with Crippen LogP contribution in [0, 0.1) is 0 Å². The Bertz CT molecular complexity index is 731. The Morgan fingerprint density at radius 1 is 1.22 bits per heavy atom. The molecule has 1 atom stereocenters. The fraction of sp³-hybridized carbons (Fsp3) is 0.294. The van der Waals surface area contributed by atoms with E-state index in [1.807, 2.05) is 36.4 Å². The first-order chi connectivity index (χ1) is 11.1. The van der Waals surface area contributed by atoms with Gasteiger partial charge in [0.1, 0.15) is 5.75 Å². The van der Waals surface area contributed by atoms with Crippen molar-refractivity contribution in [3.05, 3.63) is 42.5 Å². The highest BCUT2D eigenvalue weighted by Crippen LogP contribution is 2.25. The molecule has 0 saturated carbocycles. The van der Waals surface area contributed by atoms with Gasteiger partial charge >= 0.3 is 5.97 Å². The number of benzene rings is 2. The molecule has 1 aliphatic heterocycles. The second-order valence-corrected chi connectivity index (χ2v) is 5.50. The van der Waals surface area contributed by atoms with E-state index in [4.69, 9.17) is 9.47 Å². The lowest BCUT2D eigenvalue weighted by Crippen LogP contribution is -2.56. The number of carbonyl (C=O) groups is 2. The van der Waals surface area contributed by atoms with Gasteiger partial charge in [-0.3, -0.25) is 4.79 Å². The van der Waals surface area contributed by atoms with Gasteiger partial charge in [0.05, 0.1) is 6.61 Å². The topological polar surface area (TPSA) is 84.9 Å². The lowest BCUT2D eigenvalue weighted by Gasteiger charge is -2.23. The van der Waals surface area contributed by atoms with E-state index in [9.17, 15) is 14.7 Å². The molecule has 2 N–H and O–H groups in total. The number of ether oxygens (including phenoxy) is 2. The minimum atomic E-state index is -1.35. The molecule has 120 valence electrons. The van der Waals surface area contributed by atoms with Gasteiger partial charge in [-0.15, -0.1) is 0 Å². The zero-order valence-electron chi connectivity index (χ0n) is 12.5. The van der Waals surface area contributed by atoms with E-state index in [1.54, 1.807) is 6.07 Å². The van der Waals surface area contributed by atoms with Gasteiger partial charge in [-0.25, -0.2) is 4.79 Å². The van der Waals surface area contributed by atoms with Gasteiger partial charge in [0, 0.05) is 18.4 Å². The van der Waals surface area contributed by atoms with Crippen molar-refractivity contribution in [1.29, 1.82) is 0 Å². The number of carboxylic acids is 1. The molecule has 1 saturated heterocycles. The SMILES string of the molecule is O=C(COc1cccc2ccccc12)NC1(C(=O)O)CCOC1. The van der Waals surface area contributed by atoms with E-state index in [1.165, 1.54) is 0 Å². The largest absolute Gasteiger partial charge is 0.483 e. The van der Waals surface area contributed by atoms with Crippen molar-refractivity contribution in [2.24, 2.45) is 0 Å². The summed E-state index contributed by atoms with van der Waals surface area (Å²) in [6.45, 7) is 0.0438. The van der Waals surface area contributed by atoms with Crippen molar-refractivity contribution in [2.45, 2.75) is 12.0 Å². The van der Waals surface area contributed by atoms with E-state index in [-0.39, 0.29) is 19.6 Å². The van der Waals surface area contributed by atoms with Crippen molar-refractivity contribution in [3.63, 3.8) is 0 Å². The molecule has 6 nitrogen and oxygen atoms in total. The highest BCUT2D eigenvalue weighted by molar-refractivity contribution is 5.90. The van der Waals surface area contributed by atoms with Crippen molar-refractivity contribution in [3.8, 4) is 5.75 Å². The molecule has 0 spiro atoms. The molecule has 1 unspecified atom stereocenters. The van der Waals surface area contributed by atoms with Crippen LogP contribution in [0.3, 0.4) is 0 Å². The summed E-state index contributed by atoms with van der Waals surface area (Å²) >= 11 is 0. The number of fused-ring (bicyclic) bond motifs is 1. The number of carboxylic acid groups (broad SMARTS) is 1. The third-order valence-corrected chi connectivity index (χ3v) is 3.92. The van der Waals surface area contributed by atoms with E-state index in [0.717, 1.165) is 10.8 Å². The fourth-order valence-corrected chi connectivity index (χ4v) is 2.65. The zero-order chi connectivity index (χ0) is 16.3. The van der Waals surface area contributed by atoms with Crippen LogP contribution in [0.15, 0.2) is 42.5 Å². The summed E-state index contributed by atoms with van der Waals surface area (Å²) < 4.78 is 10.7. The number of hydrogen-bond donors (Lipinski definition) is 2. The zero-order valence-corrected chi connectivity index (χ0v) is 12.5. The third-order valence-electron chi connectivity index (χ3n) is 3.92. The first kappa shape index (κ1) is 15.3. The second kappa shape index (κ2) is 6.26. The Hall–Kier alpha value is -2.60. The summed E-state index contributed by atoms with van der Waals surface area (Å²) in [5.41, 5.74) is -1.35. The number of nitrogens with one attached hydrogen (secondary N) is 1. The molecule has 1 amide bonds. The maximum Gasteiger partial charge on any atom is 0.331 e. The Balaban J connectivity index is 1.68. The Labute approximate surface area is 133 Å². The van der Waals surface area contributed by atoms with Crippen molar-refractivity contribution in [1.82, 2.24) is 5.32 Å². The van der Waals surface area contributed by atoms with Gasteiger partial charge < -0.3 is 19.9 Å². The van der Waals surface area contributed by atoms with Gasteiger partial charge in [0.15, 0.2) is 12.1 Å². The van der Waals surface area contributed by atoms with Gasteiger partial charge in [-0.2, -0.15) is 0 Å². The predicted octanol–water partition coefficient (Wildman–Crippen LogP) is 1.58. The van der Waals surface area contributed by atoms with E-state index >= 15 is 0 Å². The van der Waals surface area contributed by atoms with E-state index in [0.29, 0.717) is 12.4 Å². The Kier molecular flexibility index (Phi) is 4.16. The van der Waals surface area contributed by atoms with Crippen molar-refractivity contribution in [2.75, 3.05) is 19.8 Å². The van der Waals surface area contributed by atoms with Gasteiger partial charge in [-0.1, -0.05) is 36.4 Å². The van der Waals surface area contributed by atoms with Crippen LogP contribution in [-0.4, -0.2) is 42.3 Å². The first-order valence-corrected chi connectivity index (χ1v) is 7.33. The lowest BCUT2D eigenvalue weighted by atomic mass is 9.99. The van der Waals surface area contributed by atoms with Crippen LogP contribution in [0.2, 0.25) is 0 Å². The minimum absolute atomic E-state index is 0.0255. The number of aliphatic carboxylic acids is 1. The maximum atomic E-state index is 12.1. The van der Waals surface area contributed by atoms with Crippen LogP contribution >= 0.6 is 0 Å². The average molecular weight is 315 g/mol. The summed E-state index contributed by atoms with van der Waals surface area (Å²) in [5, 5.41) is 13.7. The van der Waals surface area contributed by atoms with Crippen LogP contribution < -0.4 is 10.1 Å². The molecule has 2 aromatic carbocycles. The second-order valence-electron chi connectivity index (χ2n) is 5.50. The van der Waals surface area contributed by atoms with Crippen LogP contribution in [0.5, 0.6) is 5.75 Å². The quantitative estimate of drug-likeness (QED) is 0.875. The molecule has 2 aromatic rings. The Morgan fingerprint density at radius 3 is 2.74 bits per heavy atom. The molecule has 3 rings (SSSR count). The molecular weight excluding hydrogens is 298 g/mol. The average Bonchev–Trinajstić information content (AvgIpc) is 3.03.